The van der Waals surface area contributed by atoms with Gasteiger partial charge in [0.2, 0.25) is 5.75 Å². The zero-order chi connectivity index (χ0) is 35.0. The van der Waals surface area contributed by atoms with E-state index in [2.05, 4.69) is 53.7 Å². The number of hydrogen-bond donors (Lipinski definition) is 0. The van der Waals surface area contributed by atoms with Crippen LogP contribution in [0.15, 0.2) is 12.1 Å². The summed E-state index contributed by atoms with van der Waals surface area (Å²) in [6.07, 6.45) is 32.5. The van der Waals surface area contributed by atoms with Gasteiger partial charge in [0.25, 0.3) is 0 Å². The average Bonchev–Trinajstić information content (AvgIpc) is 3.10. The lowest BCUT2D eigenvalue weighted by molar-refractivity contribution is -0.937. The van der Waals surface area contributed by atoms with Crippen LogP contribution < -0.4 is 14.2 Å². The quantitative estimate of drug-likeness (QED) is 0.0524. The Balaban J connectivity index is 3.01. The summed E-state index contributed by atoms with van der Waals surface area (Å²) in [5, 5.41) is 0. The summed E-state index contributed by atoms with van der Waals surface area (Å²) in [6.45, 7) is 20.6. The van der Waals surface area contributed by atoms with E-state index in [4.69, 9.17) is 14.2 Å². The Labute approximate surface area is 301 Å². The van der Waals surface area contributed by atoms with Crippen LogP contribution in [0.1, 0.15) is 208 Å². The minimum Gasteiger partial charge on any atom is -0.490 e. The lowest BCUT2D eigenvalue weighted by Gasteiger charge is -2.37. The topological polar surface area (TPSA) is 27.7 Å². The molecule has 0 heterocycles. The highest BCUT2D eigenvalue weighted by Gasteiger charge is 2.25. The van der Waals surface area contributed by atoms with Gasteiger partial charge in [0.05, 0.1) is 39.5 Å². The number of ether oxygens (including phenoxy) is 3. The van der Waals surface area contributed by atoms with Gasteiger partial charge in [-0.25, -0.2) is 0 Å². The minimum absolute atomic E-state index is 0.732. The van der Waals surface area contributed by atoms with Gasteiger partial charge in [-0.3, -0.25) is 0 Å². The Hall–Kier alpha value is -1.42. The van der Waals surface area contributed by atoms with Crippen molar-refractivity contribution >= 4 is 0 Å². The Morgan fingerprint density at radius 1 is 0.396 bits per heavy atom. The van der Waals surface area contributed by atoms with E-state index < -0.39 is 0 Å². The van der Waals surface area contributed by atoms with Crippen LogP contribution in [-0.2, 0) is 6.54 Å². The highest BCUT2D eigenvalue weighted by atomic mass is 16.5. The summed E-state index contributed by atoms with van der Waals surface area (Å²) >= 11 is 0. The molecule has 0 aliphatic heterocycles. The summed E-state index contributed by atoms with van der Waals surface area (Å²) < 4.78 is 20.9. The molecule has 282 valence electrons. The van der Waals surface area contributed by atoms with Gasteiger partial charge in [0.1, 0.15) is 6.54 Å². The molecule has 0 bridgehead atoms. The van der Waals surface area contributed by atoms with E-state index in [1.165, 1.54) is 153 Å². The van der Waals surface area contributed by atoms with E-state index in [-0.39, 0.29) is 0 Å². The second kappa shape index (κ2) is 31.6. The molecule has 0 fully saturated rings. The predicted molar refractivity (Wildman–Crippen MR) is 211 cm³/mol. The van der Waals surface area contributed by atoms with E-state index >= 15 is 0 Å². The molecule has 0 spiro atoms. The van der Waals surface area contributed by atoms with Crippen molar-refractivity contribution in [3.63, 3.8) is 0 Å². The smallest absolute Gasteiger partial charge is 0.203 e. The SMILES string of the molecule is CCCCCCCCCCOc1cc(C[N+](CC)(CC)CCC)cc(OCCCCCCCCCC)c1OCCCCCCCCCC. The predicted octanol–water partition coefficient (Wildman–Crippen LogP) is 14.0. The Morgan fingerprint density at radius 2 is 0.729 bits per heavy atom. The van der Waals surface area contributed by atoms with Crippen molar-refractivity contribution < 1.29 is 18.7 Å². The number of benzene rings is 1. The fourth-order valence-corrected chi connectivity index (χ4v) is 7.03. The number of hydrogen-bond acceptors (Lipinski definition) is 3. The maximum atomic E-state index is 6.62. The van der Waals surface area contributed by atoms with Gasteiger partial charge < -0.3 is 18.7 Å². The second-order valence-corrected chi connectivity index (χ2v) is 14.7. The van der Waals surface area contributed by atoms with E-state index in [0.717, 1.165) is 80.4 Å². The monoisotopic (exact) mass is 675 g/mol. The van der Waals surface area contributed by atoms with Crippen LogP contribution in [0.3, 0.4) is 0 Å². The van der Waals surface area contributed by atoms with Crippen molar-refractivity contribution in [2.24, 2.45) is 0 Å². The first-order valence-corrected chi connectivity index (χ1v) is 21.5. The van der Waals surface area contributed by atoms with Crippen LogP contribution in [-0.4, -0.2) is 43.9 Å². The largest absolute Gasteiger partial charge is 0.490 e. The minimum atomic E-state index is 0.732. The number of rotatable bonds is 36. The van der Waals surface area contributed by atoms with Gasteiger partial charge >= 0.3 is 0 Å². The average molecular weight is 675 g/mol. The zero-order valence-corrected chi connectivity index (χ0v) is 33.5. The molecule has 0 atom stereocenters. The first kappa shape index (κ1) is 44.6. The summed E-state index contributed by atoms with van der Waals surface area (Å²) in [6, 6.07) is 4.59. The molecular formula is C44H84NO3+. The maximum Gasteiger partial charge on any atom is 0.203 e. The number of unbranched alkanes of at least 4 members (excludes halogenated alkanes) is 21. The molecule has 0 aromatic heterocycles. The highest BCUT2D eigenvalue weighted by Crippen LogP contribution is 2.40. The van der Waals surface area contributed by atoms with Crippen LogP contribution in [0.5, 0.6) is 17.2 Å². The van der Waals surface area contributed by atoms with Gasteiger partial charge in [-0.2, -0.15) is 0 Å². The molecule has 0 aliphatic rings. The molecular weight excluding hydrogens is 590 g/mol. The molecule has 4 nitrogen and oxygen atoms in total. The summed E-state index contributed by atoms with van der Waals surface area (Å²) in [5.41, 5.74) is 1.32. The third-order valence-corrected chi connectivity index (χ3v) is 10.4. The fraction of sp³-hybridized carbons (Fsp3) is 0.864. The second-order valence-electron chi connectivity index (χ2n) is 14.7. The Morgan fingerprint density at radius 3 is 1.06 bits per heavy atom. The van der Waals surface area contributed by atoms with Gasteiger partial charge in [0.15, 0.2) is 11.5 Å². The molecule has 4 heteroatoms. The molecule has 0 radical (unpaired) electrons. The maximum absolute atomic E-state index is 6.62. The van der Waals surface area contributed by atoms with Crippen molar-refractivity contribution in [1.82, 2.24) is 0 Å². The van der Waals surface area contributed by atoms with Gasteiger partial charge in [-0.05, 0) is 51.7 Å². The first-order valence-electron chi connectivity index (χ1n) is 21.5. The van der Waals surface area contributed by atoms with Crippen LogP contribution in [0.2, 0.25) is 0 Å². The molecule has 0 aliphatic carbocycles. The van der Waals surface area contributed by atoms with Crippen LogP contribution in [0.4, 0.5) is 0 Å². The molecule has 0 amide bonds. The molecule has 1 rings (SSSR count). The lowest BCUT2D eigenvalue weighted by atomic mass is 10.1. The van der Waals surface area contributed by atoms with Gasteiger partial charge in [-0.1, -0.05) is 163 Å². The Bertz CT molecular complexity index is 793. The van der Waals surface area contributed by atoms with Gasteiger partial charge in [0, 0.05) is 5.56 Å². The van der Waals surface area contributed by atoms with E-state index in [1.54, 1.807) is 0 Å². The van der Waals surface area contributed by atoms with E-state index in [9.17, 15) is 0 Å². The summed E-state index contributed by atoms with van der Waals surface area (Å²) in [4.78, 5) is 0. The van der Waals surface area contributed by atoms with Crippen molar-refractivity contribution in [2.45, 2.75) is 209 Å². The molecule has 0 N–H and O–H groups in total. The van der Waals surface area contributed by atoms with Crippen LogP contribution >= 0.6 is 0 Å². The molecule has 0 saturated carbocycles. The first-order chi connectivity index (χ1) is 23.6. The van der Waals surface area contributed by atoms with E-state index in [1.807, 2.05) is 0 Å². The normalized spacial score (nSPS) is 11.7. The number of nitrogens with zero attached hydrogens (tertiary/aromatic N) is 1. The summed E-state index contributed by atoms with van der Waals surface area (Å²) in [7, 11) is 0. The standard InChI is InChI=1S/C44H84NO3/c1-7-13-16-19-22-25-28-31-35-46-42-38-41(40-45(11-5,12-6)34-10-4)39-43(47-36-32-29-26-23-20-17-14-8-2)44(42)48-37-33-30-27-24-21-18-15-9-3/h38-39H,7-37,40H2,1-6H3/q+1. The molecule has 0 saturated heterocycles. The van der Waals surface area contributed by atoms with Crippen LogP contribution in [0, 0.1) is 0 Å². The zero-order valence-electron chi connectivity index (χ0n) is 33.5. The van der Waals surface area contributed by atoms with E-state index in [0.29, 0.717) is 0 Å². The fourth-order valence-electron chi connectivity index (χ4n) is 7.03. The molecule has 0 unspecified atom stereocenters. The van der Waals surface area contributed by atoms with Crippen molar-refractivity contribution in [3.05, 3.63) is 17.7 Å². The lowest BCUT2D eigenvalue weighted by Crippen LogP contribution is -2.47. The summed E-state index contributed by atoms with van der Waals surface area (Å²) in [5.74, 6) is 2.66. The van der Waals surface area contributed by atoms with Gasteiger partial charge in [-0.15, -0.1) is 0 Å². The third-order valence-electron chi connectivity index (χ3n) is 10.4. The molecule has 1 aromatic rings. The van der Waals surface area contributed by atoms with Crippen molar-refractivity contribution in [2.75, 3.05) is 39.5 Å². The highest BCUT2D eigenvalue weighted by molar-refractivity contribution is 5.54. The van der Waals surface area contributed by atoms with Crippen LogP contribution in [0.25, 0.3) is 0 Å². The third kappa shape index (κ3) is 21.6. The molecule has 1 aromatic carbocycles. The molecule has 48 heavy (non-hydrogen) atoms. The van der Waals surface area contributed by atoms with Crippen molar-refractivity contribution in [1.29, 1.82) is 0 Å². The Kier molecular flexibility index (Phi) is 29.3. The van der Waals surface area contributed by atoms with Crippen molar-refractivity contribution in [3.8, 4) is 17.2 Å². The number of quaternary nitrogens is 1.